The zero-order valence-corrected chi connectivity index (χ0v) is 6.92. The number of nitriles is 1. The summed E-state index contributed by atoms with van der Waals surface area (Å²) in [7, 11) is 0. The number of aromatic amines is 1. The zero-order chi connectivity index (χ0) is 10.7. The SMILES string of the molecule is N#Cc1c(CO)cc(=O)[nH]c1C(F)F. The summed E-state index contributed by atoms with van der Waals surface area (Å²) in [5.41, 5.74) is -1.97. The molecule has 0 saturated carbocycles. The lowest BCUT2D eigenvalue weighted by molar-refractivity contribution is 0.145. The first kappa shape index (κ1) is 10.3. The predicted molar refractivity (Wildman–Crippen MR) is 42.7 cm³/mol. The second-order valence-electron chi connectivity index (χ2n) is 2.52. The fourth-order valence-electron chi connectivity index (χ4n) is 1.06. The van der Waals surface area contributed by atoms with E-state index < -0.39 is 24.3 Å². The van der Waals surface area contributed by atoms with Crippen molar-refractivity contribution < 1.29 is 13.9 Å². The molecule has 0 spiro atoms. The number of pyridine rings is 1. The molecule has 0 aliphatic rings. The van der Waals surface area contributed by atoms with Crippen molar-refractivity contribution >= 4 is 0 Å². The average molecular weight is 200 g/mol. The van der Waals surface area contributed by atoms with Crippen LogP contribution in [0.3, 0.4) is 0 Å². The van der Waals surface area contributed by atoms with Gasteiger partial charge in [-0.25, -0.2) is 8.78 Å². The van der Waals surface area contributed by atoms with Crippen LogP contribution in [0.2, 0.25) is 0 Å². The molecular weight excluding hydrogens is 194 g/mol. The molecule has 4 nitrogen and oxygen atoms in total. The molecule has 0 saturated heterocycles. The summed E-state index contributed by atoms with van der Waals surface area (Å²) < 4.78 is 24.6. The van der Waals surface area contributed by atoms with Crippen LogP contribution in [0.4, 0.5) is 8.78 Å². The second kappa shape index (κ2) is 3.98. The average Bonchev–Trinajstić information content (AvgIpc) is 2.16. The van der Waals surface area contributed by atoms with Gasteiger partial charge >= 0.3 is 0 Å². The fourth-order valence-corrected chi connectivity index (χ4v) is 1.06. The van der Waals surface area contributed by atoms with Crippen LogP contribution in [0.1, 0.15) is 23.2 Å². The highest BCUT2D eigenvalue weighted by atomic mass is 19.3. The molecule has 1 aromatic heterocycles. The van der Waals surface area contributed by atoms with E-state index in [0.29, 0.717) is 0 Å². The van der Waals surface area contributed by atoms with Crippen molar-refractivity contribution in [3.8, 4) is 6.07 Å². The van der Waals surface area contributed by atoms with Gasteiger partial charge in [-0.1, -0.05) is 0 Å². The Bertz CT molecular complexity index is 434. The molecule has 0 radical (unpaired) electrons. The number of nitrogens with zero attached hydrogens (tertiary/aromatic N) is 1. The zero-order valence-electron chi connectivity index (χ0n) is 6.92. The summed E-state index contributed by atoms with van der Waals surface area (Å²) in [6.07, 6.45) is -2.94. The van der Waals surface area contributed by atoms with E-state index >= 15 is 0 Å². The van der Waals surface area contributed by atoms with Gasteiger partial charge in [0.15, 0.2) is 0 Å². The fraction of sp³-hybridized carbons (Fsp3) is 0.250. The van der Waals surface area contributed by atoms with Crippen LogP contribution in [0.25, 0.3) is 0 Å². The summed E-state index contributed by atoms with van der Waals surface area (Å²) in [6.45, 7) is -0.619. The molecule has 1 heterocycles. The van der Waals surface area contributed by atoms with Crippen molar-refractivity contribution in [3.63, 3.8) is 0 Å². The Morgan fingerprint density at radius 3 is 2.71 bits per heavy atom. The Morgan fingerprint density at radius 1 is 1.64 bits per heavy atom. The summed E-state index contributed by atoms with van der Waals surface area (Å²) in [4.78, 5) is 12.7. The van der Waals surface area contributed by atoms with E-state index in [2.05, 4.69) is 0 Å². The Labute approximate surface area is 77.4 Å². The third-order valence-corrected chi connectivity index (χ3v) is 1.65. The Hall–Kier alpha value is -1.74. The number of halogens is 2. The van der Waals surface area contributed by atoms with Gasteiger partial charge in [0.2, 0.25) is 5.56 Å². The van der Waals surface area contributed by atoms with E-state index in [1.165, 1.54) is 6.07 Å². The lowest BCUT2D eigenvalue weighted by atomic mass is 10.1. The third-order valence-electron chi connectivity index (χ3n) is 1.65. The molecule has 0 aliphatic heterocycles. The maximum atomic E-state index is 12.3. The van der Waals surface area contributed by atoms with Gasteiger partial charge in [-0.3, -0.25) is 4.79 Å². The van der Waals surface area contributed by atoms with Crippen molar-refractivity contribution in [3.05, 3.63) is 33.2 Å². The van der Waals surface area contributed by atoms with Crippen LogP contribution in [0.5, 0.6) is 0 Å². The first-order chi connectivity index (χ1) is 6.60. The molecule has 0 bridgehead atoms. The molecule has 0 unspecified atom stereocenters. The topological polar surface area (TPSA) is 76.9 Å². The standard InChI is InChI=1S/C8H6F2N2O2/c9-8(10)7-5(2-11)4(3-13)1-6(14)12-7/h1,8,13H,3H2,(H,12,14). The lowest BCUT2D eigenvalue weighted by Gasteiger charge is -2.05. The highest BCUT2D eigenvalue weighted by Crippen LogP contribution is 2.21. The van der Waals surface area contributed by atoms with Crippen LogP contribution >= 0.6 is 0 Å². The Kier molecular flexibility index (Phi) is 2.94. The monoisotopic (exact) mass is 200 g/mol. The highest BCUT2D eigenvalue weighted by Gasteiger charge is 2.17. The molecule has 0 aliphatic carbocycles. The number of rotatable bonds is 2. The highest BCUT2D eigenvalue weighted by molar-refractivity contribution is 5.40. The number of hydrogen-bond acceptors (Lipinski definition) is 3. The van der Waals surface area contributed by atoms with Gasteiger partial charge in [-0.2, -0.15) is 5.26 Å². The van der Waals surface area contributed by atoms with Gasteiger partial charge in [-0.15, -0.1) is 0 Å². The quantitative estimate of drug-likeness (QED) is 0.736. The minimum absolute atomic E-state index is 0.0912. The number of aromatic nitrogens is 1. The molecule has 0 atom stereocenters. The van der Waals surface area contributed by atoms with Gasteiger partial charge in [0.05, 0.1) is 12.2 Å². The van der Waals surface area contributed by atoms with Crippen molar-refractivity contribution in [1.82, 2.24) is 4.98 Å². The van der Waals surface area contributed by atoms with Crippen LogP contribution < -0.4 is 5.56 Å². The number of alkyl halides is 2. The molecular formula is C8H6F2N2O2. The van der Waals surface area contributed by atoms with E-state index in [-0.39, 0.29) is 11.1 Å². The van der Waals surface area contributed by atoms with Crippen molar-refractivity contribution in [2.45, 2.75) is 13.0 Å². The summed E-state index contributed by atoms with van der Waals surface area (Å²) in [5, 5.41) is 17.3. The summed E-state index contributed by atoms with van der Waals surface area (Å²) in [5.74, 6) is 0. The number of aliphatic hydroxyl groups excluding tert-OH is 1. The molecule has 0 fully saturated rings. The first-order valence-corrected chi connectivity index (χ1v) is 3.65. The number of nitrogens with one attached hydrogen (secondary N) is 1. The first-order valence-electron chi connectivity index (χ1n) is 3.65. The predicted octanol–water partition coefficient (Wildman–Crippen LogP) is 0.676. The Balaban J connectivity index is 3.49. The maximum Gasteiger partial charge on any atom is 0.279 e. The molecule has 74 valence electrons. The minimum atomic E-state index is -2.94. The van der Waals surface area contributed by atoms with Crippen molar-refractivity contribution in [2.75, 3.05) is 0 Å². The number of hydrogen-bond donors (Lipinski definition) is 2. The molecule has 1 aromatic rings. The molecule has 6 heteroatoms. The van der Waals surface area contributed by atoms with E-state index in [4.69, 9.17) is 10.4 Å². The van der Waals surface area contributed by atoms with Gasteiger partial charge in [-0.05, 0) is 0 Å². The largest absolute Gasteiger partial charge is 0.392 e. The van der Waals surface area contributed by atoms with Gasteiger partial charge in [0.25, 0.3) is 6.43 Å². The van der Waals surface area contributed by atoms with Crippen LogP contribution in [0, 0.1) is 11.3 Å². The number of aliphatic hydroxyl groups is 1. The molecule has 2 N–H and O–H groups in total. The molecule has 0 amide bonds. The Morgan fingerprint density at radius 2 is 2.29 bits per heavy atom. The van der Waals surface area contributed by atoms with Gasteiger partial charge in [0.1, 0.15) is 11.8 Å². The van der Waals surface area contributed by atoms with Gasteiger partial charge < -0.3 is 10.1 Å². The van der Waals surface area contributed by atoms with E-state index in [9.17, 15) is 13.6 Å². The van der Waals surface area contributed by atoms with Crippen LogP contribution in [-0.4, -0.2) is 10.1 Å². The van der Waals surface area contributed by atoms with Crippen LogP contribution in [0.15, 0.2) is 10.9 Å². The third kappa shape index (κ3) is 1.78. The van der Waals surface area contributed by atoms with Gasteiger partial charge in [0, 0.05) is 11.6 Å². The number of H-pyrrole nitrogens is 1. The molecule has 14 heavy (non-hydrogen) atoms. The normalized spacial score (nSPS) is 10.2. The molecule has 0 aromatic carbocycles. The smallest absolute Gasteiger partial charge is 0.279 e. The van der Waals surface area contributed by atoms with Crippen molar-refractivity contribution in [2.24, 2.45) is 0 Å². The van der Waals surface area contributed by atoms with E-state index in [1.807, 2.05) is 4.98 Å². The molecule has 1 rings (SSSR count). The second-order valence-corrected chi connectivity index (χ2v) is 2.52. The van der Waals surface area contributed by atoms with E-state index in [0.717, 1.165) is 6.07 Å². The lowest BCUT2D eigenvalue weighted by Crippen LogP contribution is -2.13. The van der Waals surface area contributed by atoms with Crippen molar-refractivity contribution in [1.29, 1.82) is 5.26 Å². The summed E-state index contributed by atoms with van der Waals surface area (Å²) >= 11 is 0. The van der Waals surface area contributed by atoms with E-state index in [1.54, 1.807) is 0 Å². The minimum Gasteiger partial charge on any atom is -0.392 e. The van der Waals surface area contributed by atoms with Crippen LogP contribution in [-0.2, 0) is 6.61 Å². The summed E-state index contributed by atoms with van der Waals surface area (Å²) in [6, 6.07) is 2.43. The maximum absolute atomic E-state index is 12.3.